The molecule has 0 saturated heterocycles. The molecule has 1 amide bonds. The number of nitrogens with one attached hydrogen (secondary N) is 1. The molecule has 90 valence electrons. The van der Waals surface area contributed by atoms with Crippen molar-refractivity contribution in [2.75, 3.05) is 5.32 Å². The lowest BCUT2D eigenvalue weighted by Crippen LogP contribution is -2.10. The lowest BCUT2D eigenvalue weighted by Gasteiger charge is -2.04. The summed E-state index contributed by atoms with van der Waals surface area (Å²) in [6.07, 6.45) is 1.42. The summed E-state index contributed by atoms with van der Waals surface area (Å²) >= 11 is 3.16. The van der Waals surface area contributed by atoms with E-state index in [-0.39, 0.29) is 12.3 Å². The van der Waals surface area contributed by atoms with Crippen LogP contribution >= 0.6 is 15.9 Å². The summed E-state index contributed by atoms with van der Waals surface area (Å²) in [7, 11) is 0. The van der Waals surface area contributed by atoms with E-state index in [1.54, 1.807) is 41.3 Å². The maximum absolute atomic E-state index is 11.2. The quantitative estimate of drug-likeness (QED) is 0.938. The molecule has 1 aromatic carbocycles. The largest absolute Gasteiger partial charge is 0.325 e. The molecule has 2 aromatic rings. The summed E-state index contributed by atoms with van der Waals surface area (Å²) in [5, 5.41) is 15.1. The summed E-state index contributed by atoms with van der Waals surface area (Å²) in [5.74, 6) is -0.325. The van der Waals surface area contributed by atoms with Gasteiger partial charge in [0, 0.05) is 5.69 Å². The van der Waals surface area contributed by atoms with Crippen LogP contribution in [0, 0.1) is 11.3 Å². The number of aromatic nitrogens is 3. The van der Waals surface area contributed by atoms with Crippen molar-refractivity contribution in [1.82, 2.24) is 14.8 Å². The second-order valence-electron chi connectivity index (χ2n) is 3.39. The van der Waals surface area contributed by atoms with E-state index in [0.29, 0.717) is 10.4 Å². The third kappa shape index (κ3) is 2.93. The van der Waals surface area contributed by atoms with E-state index in [1.807, 2.05) is 0 Å². The Morgan fingerprint density at radius 2 is 2.17 bits per heavy atom. The highest BCUT2D eigenvalue weighted by Crippen LogP contribution is 2.13. The SMILES string of the molecule is N#CCC(=O)Nc1ccc(-n2cnc(Br)n2)cc1. The maximum atomic E-state index is 11.2. The van der Waals surface area contributed by atoms with Crippen LogP contribution in [0.25, 0.3) is 5.69 Å². The minimum absolute atomic E-state index is 0.155. The van der Waals surface area contributed by atoms with Gasteiger partial charge in [-0.25, -0.2) is 9.67 Å². The number of carbonyl (C=O) groups excluding carboxylic acids is 1. The second kappa shape index (κ2) is 5.42. The van der Waals surface area contributed by atoms with E-state index in [2.05, 4.69) is 31.3 Å². The van der Waals surface area contributed by atoms with Crippen molar-refractivity contribution in [3.63, 3.8) is 0 Å². The number of nitriles is 1. The number of halogens is 1. The predicted octanol–water partition coefficient (Wildman–Crippen LogP) is 1.88. The Morgan fingerprint density at radius 1 is 1.44 bits per heavy atom. The van der Waals surface area contributed by atoms with E-state index < -0.39 is 0 Å². The van der Waals surface area contributed by atoms with Crippen molar-refractivity contribution < 1.29 is 4.79 Å². The van der Waals surface area contributed by atoms with Crippen LogP contribution in [0.4, 0.5) is 5.69 Å². The first kappa shape index (κ1) is 12.3. The Morgan fingerprint density at radius 3 is 2.72 bits per heavy atom. The highest BCUT2D eigenvalue weighted by atomic mass is 79.9. The lowest BCUT2D eigenvalue weighted by molar-refractivity contribution is -0.115. The third-order valence-electron chi connectivity index (χ3n) is 2.12. The summed E-state index contributed by atoms with van der Waals surface area (Å²) in [5.41, 5.74) is 1.46. The van der Waals surface area contributed by atoms with Crippen molar-refractivity contribution in [1.29, 1.82) is 5.26 Å². The fraction of sp³-hybridized carbons (Fsp3) is 0.0909. The van der Waals surface area contributed by atoms with Gasteiger partial charge in [0.15, 0.2) is 0 Å². The van der Waals surface area contributed by atoms with Gasteiger partial charge in [0.1, 0.15) is 12.7 Å². The minimum atomic E-state index is -0.325. The topological polar surface area (TPSA) is 83.6 Å². The molecule has 0 aliphatic carbocycles. The molecule has 1 heterocycles. The summed E-state index contributed by atoms with van der Waals surface area (Å²) in [4.78, 5) is 15.2. The first-order chi connectivity index (χ1) is 8.69. The van der Waals surface area contributed by atoms with Gasteiger partial charge >= 0.3 is 0 Å². The highest BCUT2D eigenvalue weighted by Gasteiger charge is 2.03. The van der Waals surface area contributed by atoms with Crippen LogP contribution in [0.15, 0.2) is 35.3 Å². The van der Waals surface area contributed by atoms with Crippen molar-refractivity contribution in [2.24, 2.45) is 0 Å². The van der Waals surface area contributed by atoms with Crippen molar-refractivity contribution in [3.8, 4) is 11.8 Å². The number of benzene rings is 1. The third-order valence-corrected chi connectivity index (χ3v) is 2.48. The highest BCUT2D eigenvalue weighted by molar-refractivity contribution is 9.10. The second-order valence-corrected chi connectivity index (χ2v) is 4.10. The average Bonchev–Trinajstić information content (AvgIpc) is 2.77. The average molecular weight is 306 g/mol. The summed E-state index contributed by atoms with van der Waals surface area (Å²) in [6.45, 7) is 0. The van der Waals surface area contributed by atoms with E-state index in [1.165, 1.54) is 0 Å². The first-order valence-electron chi connectivity index (χ1n) is 5.03. The molecule has 6 nitrogen and oxygen atoms in total. The molecule has 2 rings (SSSR count). The molecule has 7 heteroatoms. The number of anilines is 1. The Balaban J connectivity index is 2.11. The van der Waals surface area contributed by atoms with Gasteiger partial charge in [-0.15, -0.1) is 5.10 Å². The monoisotopic (exact) mass is 305 g/mol. The number of amides is 1. The molecular formula is C11H8BrN5O. The Bertz CT molecular complexity index is 599. The van der Waals surface area contributed by atoms with Crippen molar-refractivity contribution >= 4 is 27.5 Å². The number of rotatable bonds is 3. The molecule has 0 saturated carbocycles. The van der Waals surface area contributed by atoms with Gasteiger partial charge in [0.25, 0.3) is 0 Å². The Labute approximate surface area is 111 Å². The smallest absolute Gasteiger partial charge is 0.238 e. The van der Waals surface area contributed by atoms with Crippen LogP contribution in [0.5, 0.6) is 0 Å². The predicted molar refractivity (Wildman–Crippen MR) is 67.9 cm³/mol. The molecular weight excluding hydrogens is 298 g/mol. The van der Waals surface area contributed by atoms with Crippen LogP contribution < -0.4 is 5.32 Å². The Kier molecular flexibility index (Phi) is 3.69. The van der Waals surface area contributed by atoms with Crippen LogP contribution in [0.2, 0.25) is 0 Å². The molecule has 1 N–H and O–H groups in total. The minimum Gasteiger partial charge on any atom is -0.325 e. The molecule has 0 aliphatic rings. The van der Waals surface area contributed by atoms with E-state index >= 15 is 0 Å². The van der Waals surface area contributed by atoms with Gasteiger partial charge in [-0.05, 0) is 40.2 Å². The van der Waals surface area contributed by atoms with Crippen molar-refractivity contribution in [3.05, 3.63) is 35.3 Å². The molecule has 0 radical (unpaired) electrons. The fourth-order valence-corrected chi connectivity index (χ4v) is 1.60. The van der Waals surface area contributed by atoms with E-state index in [4.69, 9.17) is 5.26 Å². The van der Waals surface area contributed by atoms with E-state index in [0.717, 1.165) is 5.69 Å². The number of hydrogen-bond donors (Lipinski definition) is 1. The number of carbonyl (C=O) groups is 1. The fourth-order valence-electron chi connectivity index (χ4n) is 1.34. The molecule has 0 unspecified atom stereocenters. The van der Waals surface area contributed by atoms with Gasteiger partial charge in [-0.3, -0.25) is 4.79 Å². The molecule has 0 atom stereocenters. The molecule has 0 fully saturated rings. The van der Waals surface area contributed by atoms with Gasteiger partial charge in [-0.1, -0.05) is 0 Å². The van der Waals surface area contributed by atoms with Gasteiger partial charge in [0.05, 0.1) is 11.8 Å². The summed E-state index contributed by atoms with van der Waals surface area (Å²) in [6, 6.07) is 8.85. The number of hydrogen-bond acceptors (Lipinski definition) is 4. The van der Waals surface area contributed by atoms with Crippen LogP contribution in [-0.2, 0) is 4.79 Å². The van der Waals surface area contributed by atoms with Gasteiger partial charge in [0.2, 0.25) is 10.6 Å². The van der Waals surface area contributed by atoms with Gasteiger partial charge < -0.3 is 5.32 Å². The standard InChI is InChI=1S/C11H8BrN5O/c12-11-14-7-17(16-11)9-3-1-8(2-4-9)15-10(18)5-6-13/h1-4,7H,5H2,(H,15,18). The lowest BCUT2D eigenvalue weighted by atomic mass is 10.2. The Hall–Kier alpha value is -2.20. The van der Waals surface area contributed by atoms with Crippen LogP contribution in [0.3, 0.4) is 0 Å². The van der Waals surface area contributed by atoms with Gasteiger partial charge in [-0.2, -0.15) is 5.26 Å². The normalized spacial score (nSPS) is 9.78. The van der Waals surface area contributed by atoms with E-state index in [9.17, 15) is 4.79 Å². The number of nitrogens with zero attached hydrogens (tertiary/aromatic N) is 4. The molecule has 1 aromatic heterocycles. The molecule has 0 bridgehead atoms. The first-order valence-corrected chi connectivity index (χ1v) is 5.83. The maximum Gasteiger partial charge on any atom is 0.238 e. The van der Waals surface area contributed by atoms with Crippen molar-refractivity contribution in [2.45, 2.75) is 6.42 Å². The zero-order valence-corrected chi connectivity index (χ0v) is 10.8. The molecule has 0 aliphatic heterocycles. The van der Waals surface area contributed by atoms with Crippen LogP contribution in [-0.4, -0.2) is 20.7 Å². The zero-order chi connectivity index (χ0) is 13.0. The molecule has 0 spiro atoms. The summed E-state index contributed by atoms with van der Waals surface area (Å²) < 4.78 is 2.11. The zero-order valence-electron chi connectivity index (χ0n) is 9.17. The van der Waals surface area contributed by atoms with Crippen LogP contribution in [0.1, 0.15) is 6.42 Å². The molecule has 18 heavy (non-hydrogen) atoms.